The van der Waals surface area contributed by atoms with Crippen molar-refractivity contribution >= 4 is 27.5 Å². The van der Waals surface area contributed by atoms with Crippen LogP contribution in [0.5, 0.6) is 0 Å². The molecule has 6 nitrogen and oxygen atoms in total. The summed E-state index contributed by atoms with van der Waals surface area (Å²) < 4.78 is 26.5. The van der Waals surface area contributed by atoms with Gasteiger partial charge in [0.15, 0.2) is 0 Å². The van der Waals surface area contributed by atoms with Crippen molar-refractivity contribution in [3.05, 3.63) is 59.7 Å². The smallest absolute Gasteiger partial charge is 0.287 e. The molecule has 1 heterocycles. The molecule has 24 heavy (non-hydrogen) atoms. The first-order valence-electron chi connectivity index (χ1n) is 7.50. The molecule has 0 spiro atoms. The van der Waals surface area contributed by atoms with Crippen LogP contribution in [0.15, 0.2) is 58.4 Å². The zero-order valence-corrected chi connectivity index (χ0v) is 13.9. The first-order valence-corrected chi connectivity index (χ1v) is 8.98. The van der Waals surface area contributed by atoms with Crippen LogP contribution in [-0.2, 0) is 21.2 Å². The summed E-state index contributed by atoms with van der Waals surface area (Å²) in [6.07, 6.45) is 0.655. The summed E-state index contributed by atoms with van der Waals surface area (Å²) in [5.41, 5.74) is 2.53. The Kier molecular flexibility index (Phi) is 4.35. The maximum absolute atomic E-state index is 12.2. The molecule has 0 aliphatic carbocycles. The number of benzene rings is 2. The lowest BCUT2D eigenvalue weighted by Crippen LogP contribution is -2.44. The van der Waals surface area contributed by atoms with Gasteiger partial charge in [-0.25, -0.2) is 13.4 Å². The van der Waals surface area contributed by atoms with Crippen molar-refractivity contribution in [3.63, 3.8) is 0 Å². The molecule has 0 radical (unpaired) electrons. The molecule has 0 atom stereocenters. The fraction of sp³-hybridized carbons (Fsp3) is 0.176. The van der Waals surface area contributed by atoms with Gasteiger partial charge in [0, 0.05) is 6.54 Å². The van der Waals surface area contributed by atoms with Crippen molar-refractivity contribution in [2.75, 3.05) is 6.54 Å². The van der Waals surface area contributed by atoms with Crippen LogP contribution in [0.25, 0.3) is 0 Å². The number of aliphatic imine (C=N–C) groups is 1. The molecule has 2 N–H and O–H groups in total. The number of nitrogens with one attached hydrogen (secondary N) is 2. The second-order valence-electron chi connectivity index (χ2n) is 5.53. The first-order chi connectivity index (χ1) is 11.5. The summed E-state index contributed by atoms with van der Waals surface area (Å²) in [5, 5.41) is 2.69. The fourth-order valence-corrected chi connectivity index (χ4v) is 3.51. The Morgan fingerprint density at radius 1 is 1.12 bits per heavy atom. The molecule has 0 saturated carbocycles. The average molecular weight is 343 g/mol. The molecule has 1 aliphatic heterocycles. The largest absolute Gasteiger partial charge is 0.349 e. The number of hydrogen-bond acceptors (Lipinski definition) is 4. The van der Waals surface area contributed by atoms with Crippen LogP contribution >= 0.6 is 0 Å². The monoisotopic (exact) mass is 343 g/mol. The average Bonchev–Trinajstić information content (AvgIpc) is 2.56. The zero-order chi connectivity index (χ0) is 17.2. The van der Waals surface area contributed by atoms with Gasteiger partial charge in [0.2, 0.25) is 5.84 Å². The maximum atomic E-state index is 12.2. The van der Waals surface area contributed by atoms with E-state index in [0.717, 1.165) is 5.56 Å². The van der Waals surface area contributed by atoms with Gasteiger partial charge >= 0.3 is 0 Å². The number of hydrogen-bond donors (Lipinski definition) is 2. The van der Waals surface area contributed by atoms with Crippen molar-refractivity contribution in [3.8, 4) is 0 Å². The molecule has 0 bridgehead atoms. The highest BCUT2D eigenvalue weighted by molar-refractivity contribution is 7.90. The number of carbonyl (C=O) groups is 1. The van der Waals surface area contributed by atoms with E-state index in [1.54, 1.807) is 18.2 Å². The van der Waals surface area contributed by atoms with Crippen LogP contribution in [0.1, 0.15) is 11.1 Å². The second kappa shape index (κ2) is 6.45. The number of amidine groups is 1. The minimum atomic E-state index is -3.76. The van der Waals surface area contributed by atoms with E-state index in [9.17, 15) is 13.2 Å². The van der Waals surface area contributed by atoms with E-state index in [4.69, 9.17) is 0 Å². The van der Waals surface area contributed by atoms with Gasteiger partial charge in [-0.2, -0.15) is 0 Å². The summed E-state index contributed by atoms with van der Waals surface area (Å²) in [5.74, 6) is -0.752. The lowest BCUT2D eigenvalue weighted by atomic mass is 10.1. The molecule has 7 heteroatoms. The van der Waals surface area contributed by atoms with Crippen LogP contribution in [0.3, 0.4) is 0 Å². The maximum Gasteiger partial charge on any atom is 0.287 e. The first kappa shape index (κ1) is 16.2. The zero-order valence-electron chi connectivity index (χ0n) is 13.1. The molecule has 0 unspecified atom stereocenters. The van der Waals surface area contributed by atoms with Gasteiger partial charge < -0.3 is 5.32 Å². The number of rotatable bonds is 4. The van der Waals surface area contributed by atoms with Crippen molar-refractivity contribution in [1.82, 2.24) is 10.0 Å². The Hall–Kier alpha value is -2.67. The lowest BCUT2D eigenvalue weighted by Gasteiger charge is -2.17. The van der Waals surface area contributed by atoms with Crippen molar-refractivity contribution in [2.24, 2.45) is 4.99 Å². The number of carbonyl (C=O) groups excluding carboxylic acids is 1. The predicted octanol–water partition coefficient (Wildman–Crippen LogP) is 1.68. The molecule has 124 valence electrons. The molecule has 0 saturated heterocycles. The highest BCUT2D eigenvalue weighted by atomic mass is 32.2. The Morgan fingerprint density at radius 2 is 1.83 bits per heavy atom. The van der Waals surface area contributed by atoms with Gasteiger partial charge in [0.05, 0.1) is 5.69 Å². The summed E-state index contributed by atoms with van der Waals surface area (Å²) in [7, 11) is -3.76. The summed E-state index contributed by atoms with van der Waals surface area (Å²) >= 11 is 0. The molecule has 2 aromatic carbocycles. The van der Waals surface area contributed by atoms with Crippen LogP contribution in [-0.4, -0.2) is 26.7 Å². The van der Waals surface area contributed by atoms with Crippen LogP contribution < -0.4 is 10.0 Å². The van der Waals surface area contributed by atoms with E-state index in [-0.39, 0.29) is 16.4 Å². The predicted molar refractivity (Wildman–Crippen MR) is 91.8 cm³/mol. The molecule has 0 aromatic heterocycles. The Labute approximate surface area is 140 Å². The molecular formula is C17H17N3O3S. The topological polar surface area (TPSA) is 87.6 Å². The number of aryl methyl sites for hydroxylation is 1. The highest BCUT2D eigenvalue weighted by Crippen LogP contribution is 2.26. The third-order valence-corrected chi connectivity index (χ3v) is 5.04. The Balaban J connectivity index is 1.67. The van der Waals surface area contributed by atoms with E-state index >= 15 is 0 Å². The number of sulfonamides is 1. The fourth-order valence-electron chi connectivity index (χ4n) is 2.36. The van der Waals surface area contributed by atoms with Gasteiger partial charge in [-0.1, -0.05) is 42.0 Å². The summed E-state index contributed by atoms with van der Waals surface area (Å²) in [6, 6.07) is 14.3. The SMILES string of the molecule is Cc1ccc(CCNC(=O)C2=Nc3ccccc3S(=O)(=O)N2)cc1. The molecule has 1 aliphatic rings. The molecule has 2 aromatic rings. The van der Waals surface area contributed by atoms with E-state index < -0.39 is 15.9 Å². The van der Waals surface area contributed by atoms with E-state index in [0.29, 0.717) is 13.0 Å². The molecule has 1 amide bonds. The van der Waals surface area contributed by atoms with Crippen molar-refractivity contribution in [2.45, 2.75) is 18.2 Å². The summed E-state index contributed by atoms with van der Waals surface area (Å²) in [4.78, 5) is 16.3. The highest BCUT2D eigenvalue weighted by Gasteiger charge is 2.28. The van der Waals surface area contributed by atoms with E-state index in [1.165, 1.54) is 11.6 Å². The van der Waals surface area contributed by atoms with Crippen LogP contribution in [0, 0.1) is 6.92 Å². The molecule has 3 rings (SSSR count). The van der Waals surface area contributed by atoms with Gasteiger partial charge in [0.1, 0.15) is 4.90 Å². The minimum Gasteiger partial charge on any atom is -0.349 e. The van der Waals surface area contributed by atoms with Gasteiger partial charge in [0.25, 0.3) is 15.9 Å². The Morgan fingerprint density at radius 3 is 2.58 bits per heavy atom. The molecule has 0 fully saturated rings. The van der Waals surface area contributed by atoms with Crippen molar-refractivity contribution in [1.29, 1.82) is 0 Å². The van der Waals surface area contributed by atoms with Crippen LogP contribution in [0.4, 0.5) is 5.69 Å². The second-order valence-corrected chi connectivity index (χ2v) is 7.18. The number of amides is 1. The minimum absolute atomic E-state index is 0.0706. The third kappa shape index (κ3) is 3.46. The van der Waals surface area contributed by atoms with Gasteiger partial charge in [-0.05, 0) is 31.0 Å². The van der Waals surface area contributed by atoms with Crippen molar-refractivity contribution < 1.29 is 13.2 Å². The number of fused-ring (bicyclic) bond motifs is 1. The lowest BCUT2D eigenvalue weighted by molar-refractivity contribution is -0.114. The number of para-hydroxylation sites is 1. The van der Waals surface area contributed by atoms with Gasteiger partial charge in [-0.15, -0.1) is 0 Å². The van der Waals surface area contributed by atoms with Crippen LogP contribution in [0.2, 0.25) is 0 Å². The van der Waals surface area contributed by atoms with Gasteiger partial charge in [-0.3, -0.25) is 9.52 Å². The third-order valence-electron chi connectivity index (χ3n) is 3.65. The summed E-state index contributed by atoms with van der Waals surface area (Å²) in [6.45, 7) is 2.40. The normalized spacial score (nSPS) is 15.0. The molecular weight excluding hydrogens is 326 g/mol. The van der Waals surface area contributed by atoms with E-state index in [1.807, 2.05) is 31.2 Å². The quantitative estimate of drug-likeness (QED) is 0.885. The van der Waals surface area contributed by atoms with E-state index in [2.05, 4.69) is 15.0 Å². The Bertz CT molecular complexity index is 903. The number of nitrogens with zero attached hydrogens (tertiary/aromatic N) is 1. The standard InChI is InChI=1S/C17H17N3O3S/c1-12-6-8-13(9-7-12)10-11-18-17(21)16-19-14-4-2-3-5-15(14)24(22,23)20-16/h2-9H,10-11H2,1H3,(H,18,21)(H,19,20).